The Balaban J connectivity index is 2.63. The van der Waals surface area contributed by atoms with Crippen LogP contribution in [0.1, 0.15) is 20.3 Å². The summed E-state index contributed by atoms with van der Waals surface area (Å²) in [7, 11) is 0. The molecule has 1 fully saturated rings. The number of Topliss-reactive ketones (excluding diaryl/α,β-unsaturated/α-hetero) is 1. The smallest absolute Gasteiger partial charge is 0.316 e. The molecule has 0 aromatic carbocycles. The van der Waals surface area contributed by atoms with E-state index in [-0.39, 0.29) is 17.9 Å². The van der Waals surface area contributed by atoms with Gasteiger partial charge in [-0.3, -0.25) is 9.59 Å². The van der Waals surface area contributed by atoms with Crippen molar-refractivity contribution in [3.63, 3.8) is 0 Å². The Bertz CT molecular complexity index is 174. The van der Waals surface area contributed by atoms with Crippen molar-refractivity contribution in [1.82, 2.24) is 0 Å². The van der Waals surface area contributed by atoms with Gasteiger partial charge >= 0.3 is 5.97 Å². The largest absolute Gasteiger partial charge is 0.462 e. The van der Waals surface area contributed by atoms with Gasteiger partial charge in [-0.1, -0.05) is 0 Å². The average molecular weight is 142 g/mol. The fourth-order valence-corrected chi connectivity index (χ4v) is 1.09. The monoisotopic (exact) mass is 142 g/mol. The summed E-state index contributed by atoms with van der Waals surface area (Å²) in [4.78, 5) is 21.5. The second kappa shape index (κ2) is 2.40. The Hall–Kier alpha value is -0.860. The summed E-state index contributed by atoms with van der Waals surface area (Å²) in [6.45, 7) is 3.21. The second-order valence-electron chi connectivity index (χ2n) is 2.65. The summed E-state index contributed by atoms with van der Waals surface area (Å²) in [5.74, 6) is -0.940. The van der Waals surface area contributed by atoms with E-state index in [0.29, 0.717) is 6.42 Å². The summed E-state index contributed by atoms with van der Waals surface area (Å²) in [5, 5.41) is 0. The van der Waals surface area contributed by atoms with Crippen LogP contribution in [-0.4, -0.2) is 17.9 Å². The molecule has 0 amide bonds. The van der Waals surface area contributed by atoms with E-state index in [0.717, 1.165) is 0 Å². The molecule has 0 bridgehead atoms. The number of ether oxygens (including phenoxy) is 1. The summed E-state index contributed by atoms with van der Waals surface area (Å²) >= 11 is 0. The fourth-order valence-electron chi connectivity index (χ4n) is 1.09. The highest BCUT2D eigenvalue weighted by atomic mass is 16.5. The van der Waals surface area contributed by atoms with Crippen LogP contribution >= 0.6 is 0 Å². The summed E-state index contributed by atoms with van der Waals surface area (Å²) < 4.78 is 4.78. The standard InChI is InChI=1S/C7H10O3/c1-4-3-6(5(2)8)7(9)10-4/h4,6H,3H2,1-2H3/t4-,6?/m0/s1. The first kappa shape index (κ1) is 7.25. The van der Waals surface area contributed by atoms with E-state index in [1.165, 1.54) is 6.92 Å². The van der Waals surface area contributed by atoms with Gasteiger partial charge < -0.3 is 4.74 Å². The van der Waals surface area contributed by atoms with Gasteiger partial charge in [0.25, 0.3) is 0 Å². The number of rotatable bonds is 1. The Morgan fingerprint density at radius 1 is 1.70 bits per heavy atom. The highest BCUT2D eigenvalue weighted by Crippen LogP contribution is 2.20. The van der Waals surface area contributed by atoms with Crippen molar-refractivity contribution in [2.24, 2.45) is 5.92 Å². The molecule has 1 aliphatic rings. The van der Waals surface area contributed by atoms with Gasteiger partial charge in [0, 0.05) is 6.42 Å². The zero-order valence-corrected chi connectivity index (χ0v) is 6.09. The van der Waals surface area contributed by atoms with E-state index in [2.05, 4.69) is 0 Å². The molecule has 0 N–H and O–H groups in total. The maximum absolute atomic E-state index is 10.8. The third kappa shape index (κ3) is 1.17. The quantitative estimate of drug-likeness (QED) is 0.396. The Labute approximate surface area is 59.4 Å². The Kier molecular flexibility index (Phi) is 1.74. The van der Waals surface area contributed by atoms with Crippen molar-refractivity contribution in [1.29, 1.82) is 0 Å². The highest BCUT2D eigenvalue weighted by molar-refractivity contribution is 5.98. The first-order valence-corrected chi connectivity index (χ1v) is 3.32. The summed E-state index contributed by atoms with van der Waals surface area (Å²) in [5.41, 5.74) is 0. The minimum atomic E-state index is -0.491. The molecular formula is C7H10O3. The molecule has 1 rings (SSSR count). The first-order chi connectivity index (χ1) is 4.61. The van der Waals surface area contributed by atoms with Crippen LogP contribution in [0.25, 0.3) is 0 Å². The van der Waals surface area contributed by atoms with Crippen molar-refractivity contribution >= 4 is 11.8 Å². The predicted octanol–water partition coefficient (Wildman–Crippen LogP) is 0.527. The van der Waals surface area contributed by atoms with E-state index in [9.17, 15) is 9.59 Å². The Morgan fingerprint density at radius 2 is 2.30 bits per heavy atom. The molecule has 0 aliphatic carbocycles. The molecule has 2 atom stereocenters. The average Bonchev–Trinajstić information content (AvgIpc) is 2.10. The van der Waals surface area contributed by atoms with Gasteiger partial charge in [-0.15, -0.1) is 0 Å². The number of carbonyl (C=O) groups excluding carboxylic acids is 2. The van der Waals surface area contributed by atoms with Crippen molar-refractivity contribution in [2.75, 3.05) is 0 Å². The second-order valence-corrected chi connectivity index (χ2v) is 2.65. The first-order valence-electron chi connectivity index (χ1n) is 3.32. The molecule has 0 aromatic rings. The number of cyclic esters (lactones) is 1. The molecule has 0 spiro atoms. The van der Waals surface area contributed by atoms with Crippen molar-refractivity contribution < 1.29 is 14.3 Å². The van der Waals surface area contributed by atoms with Crippen LogP contribution in [0.2, 0.25) is 0 Å². The lowest BCUT2D eigenvalue weighted by Gasteiger charge is -1.95. The van der Waals surface area contributed by atoms with Crippen LogP contribution < -0.4 is 0 Å². The minimum absolute atomic E-state index is 0.0820. The molecule has 10 heavy (non-hydrogen) atoms. The van der Waals surface area contributed by atoms with Crippen molar-refractivity contribution in [3.8, 4) is 0 Å². The number of hydrogen-bond donors (Lipinski definition) is 0. The molecule has 0 aromatic heterocycles. The molecule has 3 heteroatoms. The lowest BCUT2D eigenvalue weighted by molar-refractivity contribution is -0.146. The van der Waals surface area contributed by atoms with Crippen LogP contribution in [-0.2, 0) is 14.3 Å². The van der Waals surface area contributed by atoms with Crippen molar-refractivity contribution in [2.45, 2.75) is 26.4 Å². The number of ketones is 1. The predicted molar refractivity (Wildman–Crippen MR) is 34.3 cm³/mol. The van der Waals surface area contributed by atoms with Crippen LogP contribution in [0, 0.1) is 5.92 Å². The van der Waals surface area contributed by atoms with Crippen LogP contribution in [0.4, 0.5) is 0 Å². The van der Waals surface area contributed by atoms with Gasteiger partial charge in [-0.05, 0) is 13.8 Å². The third-order valence-electron chi connectivity index (χ3n) is 1.66. The van der Waals surface area contributed by atoms with Crippen LogP contribution in [0.3, 0.4) is 0 Å². The number of hydrogen-bond acceptors (Lipinski definition) is 3. The van der Waals surface area contributed by atoms with E-state index in [1.54, 1.807) is 6.92 Å². The Morgan fingerprint density at radius 3 is 2.50 bits per heavy atom. The third-order valence-corrected chi connectivity index (χ3v) is 1.66. The molecule has 1 unspecified atom stereocenters. The van der Waals surface area contributed by atoms with E-state index < -0.39 is 5.92 Å². The maximum Gasteiger partial charge on any atom is 0.316 e. The van der Waals surface area contributed by atoms with Gasteiger partial charge in [-0.2, -0.15) is 0 Å². The van der Waals surface area contributed by atoms with Gasteiger partial charge in [0.05, 0.1) is 0 Å². The van der Waals surface area contributed by atoms with Crippen LogP contribution in [0.15, 0.2) is 0 Å². The molecule has 56 valence electrons. The SMILES string of the molecule is CC(=O)C1C[C@H](C)OC1=O. The number of esters is 1. The van der Waals surface area contributed by atoms with Crippen molar-refractivity contribution in [3.05, 3.63) is 0 Å². The molecule has 1 heterocycles. The molecule has 1 aliphatic heterocycles. The molecule has 0 saturated carbocycles. The summed E-state index contributed by atoms with van der Waals surface area (Å²) in [6, 6.07) is 0. The number of carbonyl (C=O) groups is 2. The highest BCUT2D eigenvalue weighted by Gasteiger charge is 2.34. The van der Waals surface area contributed by atoms with E-state index in [4.69, 9.17) is 4.74 Å². The lowest BCUT2D eigenvalue weighted by atomic mass is 10.0. The lowest BCUT2D eigenvalue weighted by Crippen LogP contribution is -2.15. The molecule has 3 nitrogen and oxygen atoms in total. The maximum atomic E-state index is 10.8. The zero-order chi connectivity index (χ0) is 7.72. The van der Waals surface area contributed by atoms with E-state index in [1.807, 2.05) is 0 Å². The normalized spacial score (nSPS) is 32.0. The topological polar surface area (TPSA) is 43.4 Å². The molecule has 1 saturated heterocycles. The molecule has 0 radical (unpaired) electrons. The molecular weight excluding hydrogens is 132 g/mol. The minimum Gasteiger partial charge on any atom is -0.462 e. The van der Waals surface area contributed by atoms with E-state index >= 15 is 0 Å². The van der Waals surface area contributed by atoms with Gasteiger partial charge in [0.15, 0.2) is 0 Å². The zero-order valence-electron chi connectivity index (χ0n) is 6.09. The van der Waals surface area contributed by atoms with Gasteiger partial charge in [0.2, 0.25) is 0 Å². The summed E-state index contributed by atoms with van der Waals surface area (Å²) in [6.07, 6.45) is 0.468. The van der Waals surface area contributed by atoms with Gasteiger partial charge in [-0.25, -0.2) is 0 Å². The van der Waals surface area contributed by atoms with Gasteiger partial charge in [0.1, 0.15) is 17.8 Å². The van der Waals surface area contributed by atoms with Crippen LogP contribution in [0.5, 0.6) is 0 Å². The fraction of sp³-hybridized carbons (Fsp3) is 0.714.